The maximum Gasteiger partial charge on any atom is 0.147 e. The van der Waals surface area contributed by atoms with Crippen LogP contribution in [0.5, 0.6) is 11.5 Å². The van der Waals surface area contributed by atoms with E-state index in [4.69, 9.17) is 37.7 Å². The fourth-order valence-corrected chi connectivity index (χ4v) is 3.69. The molecule has 0 unspecified atom stereocenters. The predicted molar refractivity (Wildman–Crippen MR) is 122 cm³/mol. The fraction of sp³-hybridized carbons (Fsp3) is 0.208. The van der Waals surface area contributed by atoms with Gasteiger partial charge >= 0.3 is 0 Å². The normalized spacial score (nSPS) is 11.0. The summed E-state index contributed by atoms with van der Waals surface area (Å²) in [6, 6.07) is 23.1. The van der Waals surface area contributed by atoms with E-state index in [-0.39, 0.29) is 0 Å². The van der Waals surface area contributed by atoms with Crippen molar-refractivity contribution in [2.45, 2.75) is 26.0 Å². The first kappa shape index (κ1) is 20.6. The Morgan fingerprint density at radius 2 is 1.37 bits per heavy atom. The Kier molecular flexibility index (Phi) is 6.77. The average Bonchev–Trinajstić information content (AvgIpc) is 3.12. The molecule has 0 bridgehead atoms. The van der Waals surface area contributed by atoms with Crippen molar-refractivity contribution in [2.75, 3.05) is 6.61 Å². The summed E-state index contributed by atoms with van der Waals surface area (Å²) in [5, 5.41) is 1.23. The summed E-state index contributed by atoms with van der Waals surface area (Å²) in [5.74, 6) is 2.26. The van der Waals surface area contributed by atoms with Gasteiger partial charge in [0.2, 0.25) is 0 Å². The number of aromatic nitrogens is 2. The zero-order valence-corrected chi connectivity index (χ0v) is 17.9. The van der Waals surface area contributed by atoms with E-state index in [1.165, 1.54) is 0 Å². The van der Waals surface area contributed by atoms with Gasteiger partial charge < -0.3 is 14.0 Å². The van der Waals surface area contributed by atoms with E-state index >= 15 is 0 Å². The minimum atomic E-state index is 0.356. The molecule has 1 heterocycles. The van der Waals surface area contributed by atoms with Crippen molar-refractivity contribution >= 4 is 34.2 Å². The number of ether oxygens (including phenoxy) is 2. The Morgan fingerprint density at radius 1 is 0.733 bits per heavy atom. The monoisotopic (exact) mass is 440 g/mol. The van der Waals surface area contributed by atoms with Crippen LogP contribution < -0.4 is 9.47 Å². The molecule has 1 aromatic heterocycles. The van der Waals surface area contributed by atoms with Crippen molar-refractivity contribution in [2.24, 2.45) is 0 Å². The number of nitrogens with zero attached hydrogens (tertiary/aromatic N) is 2. The second-order valence-electron chi connectivity index (χ2n) is 6.87. The molecule has 0 N–H and O–H groups in total. The first-order chi connectivity index (χ1) is 14.7. The van der Waals surface area contributed by atoms with Gasteiger partial charge in [0.25, 0.3) is 0 Å². The highest BCUT2D eigenvalue weighted by molar-refractivity contribution is 6.32. The molecule has 154 valence electrons. The van der Waals surface area contributed by atoms with Gasteiger partial charge in [0.05, 0.1) is 27.7 Å². The van der Waals surface area contributed by atoms with Crippen molar-refractivity contribution in [3.05, 3.63) is 88.7 Å². The lowest BCUT2D eigenvalue weighted by Crippen LogP contribution is -2.09. The maximum absolute atomic E-state index is 6.21. The van der Waals surface area contributed by atoms with Crippen LogP contribution in [0.25, 0.3) is 11.0 Å². The van der Waals surface area contributed by atoms with E-state index in [2.05, 4.69) is 10.6 Å². The number of hydrogen-bond donors (Lipinski definition) is 0. The highest BCUT2D eigenvalue weighted by Crippen LogP contribution is 2.26. The molecule has 0 aliphatic rings. The quantitative estimate of drug-likeness (QED) is 0.269. The van der Waals surface area contributed by atoms with Crippen molar-refractivity contribution < 1.29 is 9.47 Å². The number of halogens is 2. The Bertz CT molecular complexity index is 1130. The van der Waals surface area contributed by atoms with Gasteiger partial charge in [-0.05, 0) is 49.2 Å². The molecule has 0 spiro atoms. The van der Waals surface area contributed by atoms with E-state index in [0.717, 1.165) is 42.0 Å². The van der Waals surface area contributed by atoms with E-state index in [1.54, 1.807) is 0 Å². The van der Waals surface area contributed by atoms with Crippen molar-refractivity contribution in [1.29, 1.82) is 0 Å². The molecule has 0 aliphatic heterocycles. The van der Waals surface area contributed by atoms with Gasteiger partial charge in [0, 0.05) is 6.54 Å². The lowest BCUT2D eigenvalue weighted by molar-refractivity contribution is 0.285. The number of rotatable bonds is 9. The Labute approximate surface area is 186 Å². The van der Waals surface area contributed by atoms with Crippen LogP contribution in [0.3, 0.4) is 0 Å². The molecule has 0 amide bonds. The first-order valence-electron chi connectivity index (χ1n) is 9.91. The highest BCUT2D eigenvalue weighted by atomic mass is 35.5. The van der Waals surface area contributed by atoms with Crippen LogP contribution in [0.1, 0.15) is 18.7 Å². The minimum absolute atomic E-state index is 0.356. The summed E-state index contributed by atoms with van der Waals surface area (Å²) in [4.78, 5) is 4.76. The molecule has 6 heteroatoms. The Balaban J connectivity index is 1.40. The number of hydrogen-bond acceptors (Lipinski definition) is 3. The Morgan fingerprint density at radius 3 is 2.10 bits per heavy atom. The second kappa shape index (κ2) is 9.88. The third-order valence-electron chi connectivity index (χ3n) is 4.80. The molecule has 30 heavy (non-hydrogen) atoms. The third-order valence-corrected chi connectivity index (χ3v) is 5.42. The zero-order chi connectivity index (χ0) is 20.8. The maximum atomic E-state index is 6.21. The number of unbranched alkanes of at least 4 members (excludes halogenated alkanes) is 1. The Hall–Kier alpha value is -2.69. The van der Waals surface area contributed by atoms with Gasteiger partial charge in [-0.25, -0.2) is 4.98 Å². The molecule has 0 fully saturated rings. The fourth-order valence-electron chi connectivity index (χ4n) is 3.31. The van der Waals surface area contributed by atoms with Crippen LogP contribution in [-0.4, -0.2) is 16.2 Å². The van der Waals surface area contributed by atoms with Gasteiger partial charge in [-0.1, -0.05) is 59.6 Å². The molecule has 0 aliphatic carbocycles. The summed E-state index contributed by atoms with van der Waals surface area (Å²) in [6.07, 6.45) is 1.85. The molecule has 0 saturated carbocycles. The average molecular weight is 441 g/mol. The number of imidazole rings is 1. The van der Waals surface area contributed by atoms with Crippen molar-refractivity contribution in [3.63, 3.8) is 0 Å². The van der Waals surface area contributed by atoms with Crippen LogP contribution in [0.2, 0.25) is 10.0 Å². The van der Waals surface area contributed by atoms with Crippen LogP contribution in [-0.2, 0) is 13.2 Å². The molecule has 4 nitrogen and oxygen atoms in total. The third kappa shape index (κ3) is 4.89. The summed E-state index contributed by atoms with van der Waals surface area (Å²) in [7, 11) is 0. The molecule has 0 saturated heterocycles. The van der Waals surface area contributed by atoms with Crippen molar-refractivity contribution in [1.82, 2.24) is 9.55 Å². The molecule has 4 rings (SSSR count). The summed E-state index contributed by atoms with van der Waals surface area (Å²) in [5.41, 5.74) is 2.06. The van der Waals surface area contributed by atoms with E-state index < -0.39 is 0 Å². The van der Waals surface area contributed by atoms with Crippen LogP contribution >= 0.6 is 23.2 Å². The van der Waals surface area contributed by atoms with Gasteiger partial charge in [0.15, 0.2) is 0 Å². The molecule has 0 atom stereocenters. The van der Waals surface area contributed by atoms with Gasteiger partial charge in [0.1, 0.15) is 23.9 Å². The first-order valence-corrected chi connectivity index (χ1v) is 10.7. The summed E-state index contributed by atoms with van der Waals surface area (Å²) in [6.45, 7) is 1.80. The van der Waals surface area contributed by atoms with E-state index in [0.29, 0.717) is 29.0 Å². The minimum Gasteiger partial charge on any atom is -0.492 e. The summed E-state index contributed by atoms with van der Waals surface area (Å²) < 4.78 is 13.9. The largest absolute Gasteiger partial charge is 0.492 e. The summed E-state index contributed by atoms with van der Waals surface area (Å²) >= 11 is 12.4. The van der Waals surface area contributed by atoms with Gasteiger partial charge in [-0.15, -0.1) is 0 Å². The van der Waals surface area contributed by atoms with Gasteiger partial charge in [-0.3, -0.25) is 0 Å². The zero-order valence-electron chi connectivity index (χ0n) is 16.4. The van der Waals surface area contributed by atoms with Crippen LogP contribution in [0.4, 0.5) is 0 Å². The molecule has 3 aromatic carbocycles. The number of fused-ring (bicyclic) bond motifs is 1. The van der Waals surface area contributed by atoms with Crippen molar-refractivity contribution in [3.8, 4) is 11.5 Å². The van der Waals surface area contributed by atoms with Gasteiger partial charge in [-0.2, -0.15) is 0 Å². The number of aryl methyl sites for hydroxylation is 1. The van der Waals surface area contributed by atoms with E-state index in [1.807, 2.05) is 66.7 Å². The molecular formula is C24H22Cl2N2O2. The highest BCUT2D eigenvalue weighted by Gasteiger charge is 2.12. The number of benzene rings is 3. The lowest BCUT2D eigenvalue weighted by Gasteiger charge is -2.12. The SMILES string of the molecule is Clc1ccccc1OCCCCn1c(COc2ccccc2Cl)nc2ccccc21. The topological polar surface area (TPSA) is 36.3 Å². The molecule has 4 aromatic rings. The van der Waals surface area contributed by atoms with Crippen LogP contribution in [0.15, 0.2) is 72.8 Å². The number of para-hydroxylation sites is 4. The lowest BCUT2D eigenvalue weighted by atomic mass is 10.3. The molecular weight excluding hydrogens is 419 g/mol. The van der Waals surface area contributed by atoms with E-state index in [9.17, 15) is 0 Å². The standard InChI is InChI=1S/C24H22Cl2N2O2/c25-18-9-1-5-13-22(18)29-16-8-7-15-28-21-12-4-3-11-20(21)27-24(28)17-30-23-14-6-2-10-19(23)26/h1-6,9-14H,7-8,15-17H2. The van der Waals surface area contributed by atoms with Crippen LogP contribution in [0, 0.1) is 0 Å². The second-order valence-corrected chi connectivity index (χ2v) is 7.69. The smallest absolute Gasteiger partial charge is 0.147 e. The molecule has 0 radical (unpaired) electrons. The predicted octanol–water partition coefficient (Wildman–Crippen LogP) is 6.78.